The first-order chi connectivity index (χ1) is 14.2. The Morgan fingerprint density at radius 3 is 2.45 bits per heavy atom. The molecule has 0 spiro atoms. The number of hydrogen-bond donors (Lipinski definition) is 1. The van der Waals surface area contributed by atoms with Crippen molar-refractivity contribution in [3.63, 3.8) is 0 Å². The first-order valence-electron chi connectivity index (χ1n) is 10.3. The minimum Gasteiger partial charge on any atom is -0.435 e. The number of rotatable bonds is 8. The van der Waals surface area contributed by atoms with Crippen LogP contribution in [-0.2, 0) is 0 Å². The summed E-state index contributed by atoms with van der Waals surface area (Å²) in [6.45, 7) is 10.4. The average Bonchev–Trinajstić information content (AvgIpc) is 3.16. The van der Waals surface area contributed by atoms with E-state index >= 15 is 0 Å². The fourth-order valence-corrected chi connectivity index (χ4v) is 3.46. The molecule has 1 N–H and O–H groups in total. The SMILES string of the molecule is CCN(CC)CCCNc1nc2ccccc2nc1-c1nc2cc(C)ccc2o1. The zero-order chi connectivity index (χ0) is 20.2. The number of nitrogens with zero attached hydrogens (tertiary/aromatic N) is 4. The fourth-order valence-electron chi connectivity index (χ4n) is 3.46. The van der Waals surface area contributed by atoms with Crippen LogP contribution < -0.4 is 5.32 Å². The highest BCUT2D eigenvalue weighted by atomic mass is 16.3. The van der Waals surface area contributed by atoms with E-state index in [1.807, 2.05) is 49.4 Å². The first-order valence-corrected chi connectivity index (χ1v) is 10.3. The highest BCUT2D eigenvalue weighted by Crippen LogP contribution is 2.29. The lowest BCUT2D eigenvalue weighted by Crippen LogP contribution is -2.25. The van der Waals surface area contributed by atoms with Crippen molar-refractivity contribution in [1.29, 1.82) is 0 Å². The summed E-state index contributed by atoms with van der Waals surface area (Å²) in [4.78, 5) is 16.7. The molecule has 0 aliphatic heterocycles. The van der Waals surface area contributed by atoms with E-state index < -0.39 is 0 Å². The molecule has 0 saturated heterocycles. The number of aromatic nitrogens is 3. The van der Waals surface area contributed by atoms with Crippen molar-refractivity contribution in [3.05, 3.63) is 48.0 Å². The summed E-state index contributed by atoms with van der Waals surface area (Å²) >= 11 is 0. The monoisotopic (exact) mass is 389 g/mol. The zero-order valence-corrected chi connectivity index (χ0v) is 17.3. The number of aryl methyl sites for hydroxylation is 1. The predicted octanol–water partition coefficient (Wildman–Crippen LogP) is 4.89. The number of oxazole rings is 1. The molecule has 4 aromatic rings. The van der Waals surface area contributed by atoms with Crippen molar-refractivity contribution in [2.45, 2.75) is 27.2 Å². The topological polar surface area (TPSA) is 67.1 Å². The molecule has 2 heterocycles. The molecule has 0 aliphatic rings. The summed E-state index contributed by atoms with van der Waals surface area (Å²) in [7, 11) is 0. The molecule has 0 fully saturated rings. The van der Waals surface area contributed by atoms with Gasteiger partial charge in [0, 0.05) is 6.54 Å². The highest BCUT2D eigenvalue weighted by molar-refractivity contribution is 5.83. The summed E-state index contributed by atoms with van der Waals surface area (Å²) in [6, 6.07) is 13.9. The van der Waals surface area contributed by atoms with Gasteiger partial charge in [0.2, 0.25) is 5.89 Å². The van der Waals surface area contributed by atoms with Gasteiger partial charge in [0.05, 0.1) is 11.0 Å². The standard InChI is InChI=1S/C23H27N5O/c1-4-28(5-2)14-8-13-24-22-21(25-17-9-6-7-10-18(17)26-22)23-27-19-15-16(3)11-12-20(19)29-23/h6-7,9-12,15H,4-5,8,13-14H2,1-3H3,(H,24,26). The van der Waals surface area contributed by atoms with E-state index in [1.165, 1.54) is 0 Å². The smallest absolute Gasteiger partial charge is 0.250 e. The van der Waals surface area contributed by atoms with E-state index in [1.54, 1.807) is 0 Å². The Bertz CT molecular complexity index is 1120. The van der Waals surface area contributed by atoms with E-state index in [9.17, 15) is 0 Å². The zero-order valence-electron chi connectivity index (χ0n) is 17.3. The molecule has 6 nitrogen and oxygen atoms in total. The Balaban J connectivity index is 1.66. The van der Waals surface area contributed by atoms with Crippen LogP contribution in [0.1, 0.15) is 25.8 Å². The number of nitrogens with one attached hydrogen (secondary N) is 1. The average molecular weight is 390 g/mol. The molecule has 0 radical (unpaired) electrons. The lowest BCUT2D eigenvalue weighted by Gasteiger charge is -2.18. The van der Waals surface area contributed by atoms with Crippen molar-refractivity contribution in [3.8, 4) is 11.6 Å². The highest BCUT2D eigenvalue weighted by Gasteiger charge is 2.17. The minimum absolute atomic E-state index is 0.495. The van der Waals surface area contributed by atoms with Gasteiger partial charge in [-0.2, -0.15) is 0 Å². The Kier molecular flexibility index (Phi) is 5.71. The molecular formula is C23H27N5O. The van der Waals surface area contributed by atoms with Crippen LogP contribution in [-0.4, -0.2) is 46.0 Å². The number of hydrogen-bond acceptors (Lipinski definition) is 6. The third-order valence-corrected chi connectivity index (χ3v) is 5.15. The predicted molar refractivity (Wildman–Crippen MR) is 118 cm³/mol. The van der Waals surface area contributed by atoms with Crippen molar-refractivity contribution >= 4 is 28.0 Å². The lowest BCUT2D eigenvalue weighted by atomic mass is 10.2. The van der Waals surface area contributed by atoms with E-state index in [-0.39, 0.29) is 0 Å². The van der Waals surface area contributed by atoms with Crippen LogP contribution in [0.15, 0.2) is 46.9 Å². The lowest BCUT2D eigenvalue weighted by molar-refractivity contribution is 0.303. The molecule has 0 aliphatic carbocycles. The molecule has 0 atom stereocenters. The summed E-state index contributed by atoms with van der Waals surface area (Å²) < 4.78 is 6.02. The molecule has 150 valence electrons. The number of benzene rings is 2. The number of fused-ring (bicyclic) bond motifs is 2. The Morgan fingerprint density at radius 1 is 0.931 bits per heavy atom. The van der Waals surface area contributed by atoms with Gasteiger partial charge in [-0.3, -0.25) is 0 Å². The summed E-state index contributed by atoms with van der Waals surface area (Å²) in [5.41, 5.74) is 5.08. The summed E-state index contributed by atoms with van der Waals surface area (Å²) in [5, 5.41) is 3.46. The molecule has 2 aromatic heterocycles. The van der Waals surface area contributed by atoms with Crippen LogP contribution >= 0.6 is 0 Å². The van der Waals surface area contributed by atoms with Gasteiger partial charge in [-0.05, 0) is 62.8 Å². The van der Waals surface area contributed by atoms with Crippen molar-refractivity contribution in [1.82, 2.24) is 19.9 Å². The van der Waals surface area contributed by atoms with Gasteiger partial charge < -0.3 is 14.6 Å². The molecular weight excluding hydrogens is 362 g/mol. The van der Waals surface area contributed by atoms with Crippen LogP contribution in [0.2, 0.25) is 0 Å². The second kappa shape index (κ2) is 8.57. The second-order valence-corrected chi connectivity index (χ2v) is 7.21. The van der Waals surface area contributed by atoms with E-state index in [2.05, 4.69) is 29.0 Å². The third kappa shape index (κ3) is 4.22. The van der Waals surface area contributed by atoms with Gasteiger partial charge >= 0.3 is 0 Å². The maximum absolute atomic E-state index is 6.02. The Labute approximate surface area is 171 Å². The van der Waals surface area contributed by atoms with Crippen LogP contribution in [0.3, 0.4) is 0 Å². The largest absolute Gasteiger partial charge is 0.435 e. The van der Waals surface area contributed by atoms with Crippen LogP contribution in [0.4, 0.5) is 5.82 Å². The third-order valence-electron chi connectivity index (χ3n) is 5.15. The molecule has 6 heteroatoms. The molecule has 0 unspecified atom stereocenters. The number of anilines is 1. The van der Waals surface area contributed by atoms with Gasteiger partial charge in [-0.1, -0.05) is 32.0 Å². The van der Waals surface area contributed by atoms with E-state index in [0.717, 1.165) is 60.3 Å². The molecule has 29 heavy (non-hydrogen) atoms. The summed E-state index contributed by atoms with van der Waals surface area (Å²) in [6.07, 6.45) is 1.03. The van der Waals surface area contributed by atoms with Gasteiger partial charge in [0.1, 0.15) is 5.52 Å². The van der Waals surface area contributed by atoms with Crippen LogP contribution in [0, 0.1) is 6.92 Å². The van der Waals surface area contributed by atoms with E-state index in [0.29, 0.717) is 17.4 Å². The quantitative estimate of drug-likeness (QED) is 0.433. The van der Waals surface area contributed by atoms with E-state index in [4.69, 9.17) is 14.4 Å². The molecule has 0 amide bonds. The van der Waals surface area contributed by atoms with Crippen LogP contribution in [0.5, 0.6) is 0 Å². The fraction of sp³-hybridized carbons (Fsp3) is 0.348. The minimum atomic E-state index is 0.495. The Morgan fingerprint density at radius 2 is 1.69 bits per heavy atom. The van der Waals surface area contributed by atoms with Crippen molar-refractivity contribution < 1.29 is 4.42 Å². The first kappa shape index (κ1) is 19.3. The second-order valence-electron chi connectivity index (χ2n) is 7.21. The Hall–Kier alpha value is -2.99. The van der Waals surface area contributed by atoms with Gasteiger partial charge in [-0.25, -0.2) is 15.0 Å². The maximum atomic E-state index is 6.02. The van der Waals surface area contributed by atoms with Gasteiger partial charge in [-0.15, -0.1) is 0 Å². The number of para-hydroxylation sites is 2. The maximum Gasteiger partial charge on any atom is 0.250 e. The molecule has 4 rings (SSSR count). The molecule has 0 bridgehead atoms. The van der Waals surface area contributed by atoms with Crippen molar-refractivity contribution in [2.24, 2.45) is 0 Å². The van der Waals surface area contributed by atoms with Gasteiger partial charge in [0.25, 0.3) is 0 Å². The van der Waals surface area contributed by atoms with Gasteiger partial charge in [0.15, 0.2) is 17.1 Å². The molecule has 0 saturated carbocycles. The molecule has 2 aromatic carbocycles. The normalized spacial score (nSPS) is 11.6. The van der Waals surface area contributed by atoms with Crippen LogP contribution in [0.25, 0.3) is 33.7 Å². The summed E-state index contributed by atoms with van der Waals surface area (Å²) in [5.74, 6) is 1.21. The van der Waals surface area contributed by atoms with Crippen molar-refractivity contribution in [2.75, 3.05) is 31.5 Å².